The van der Waals surface area contributed by atoms with Crippen LogP contribution in [0, 0.1) is 0 Å². The molecular formula is C28H26N4O6S3. The molecule has 3 aromatic rings. The van der Waals surface area contributed by atoms with Crippen LogP contribution in [-0.4, -0.2) is 59.5 Å². The number of esters is 1. The van der Waals surface area contributed by atoms with Gasteiger partial charge in [0.1, 0.15) is 17.1 Å². The molecular weight excluding hydrogens is 585 g/mol. The van der Waals surface area contributed by atoms with Crippen LogP contribution in [0.2, 0.25) is 0 Å². The summed E-state index contributed by atoms with van der Waals surface area (Å²) in [6, 6.07) is 17.9. The number of hydrogen-bond donors (Lipinski definition) is 2. The number of anilines is 1. The molecule has 1 fully saturated rings. The van der Waals surface area contributed by atoms with Gasteiger partial charge in [0, 0.05) is 16.8 Å². The molecule has 1 saturated heterocycles. The highest BCUT2D eigenvalue weighted by Gasteiger charge is 2.54. The molecule has 13 heteroatoms. The predicted octanol–water partition coefficient (Wildman–Crippen LogP) is 3.23. The highest BCUT2D eigenvalue weighted by molar-refractivity contribution is 8.00. The predicted molar refractivity (Wildman–Crippen MR) is 157 cm³/mol. The molecule has 0 bridgehead atoms. The molecule has 0 saturated carbocycles. The Morgan fingerprint density at radius 3 is 2.37 bits per heavy atom. The Labute approximate surface area is 245 Å². The zero-order chi connectivity index (χ0) is 29.1. The number of ether oxygens (including phenoxy) is 1. The van der Waals surface area contributed by atoms with Crippen molar-refractivity contribution < 1.29 is 27.5 Å². The van der Waals surface area contributed by atoms with Gasteiger partial charge in [-0.1, -0.05) is 73.3 Å². The van der Waals surface area contributed by atoms with Crippen molar-refractivity contribution >= 4 is 56.0 Å². The fraction of sp³-hybridized carbons (Fsp3) is 0.214. The van der Waals surface area contributed by atoms with Gasteiger partial charge in [-0.05, 0) is 16.7 Å². The van der Waals surface area contributed by atoms with Crippen molar-refractivity contribution in [1.29, 1.82) is 0 Å². The quantitative estimate of drug-likeness (QED) is 0.264. The normalized spacial score (nSPS) is 18.4. The zero-order valence-electron chi connectivity index (χ0n) is 21.9. The Kier molecular flexibility index (Phi) is 8.29. The largest absolute Gasteiger partial charge is 0.448 e. The second-order valence-electron chi connectivity index (χ2n) is 9.32. The van der Waals surface area contributed by atoms with Gasteiger partial charge in [-0.25, -0.2) is 18.2 Å². The van der Waals surface area contributed by atoms with Crippen molar-refractivity contribution in [3.05, 3.63) is 107 Å². The van der Waals surface area contributed by atoms with Crippen LogP contribution in [0.4, 0.5) is 5.13 Å². The summed E-state index contributed by atoms with van der Waals surface area (Å²) in [5, 5.41) is 2.40. The summed E-state index contributed by atoms with van der Waals surface area (Å²) in [6.07, 6.45) is 3.19. The Hall–Kier alpha value is -3.94. The maximum absolute atomic E-state index is 13.7. The topological polar surface area (TPSA) is 135 Å². The standard InChI is InChI=1S/C28H26N4O6S3/c1-3-17-16-39-26-22(30-21(33)14-20-15-29-28(40-20)31-41(2,36)37)25(34)32(26)23(17)27(35)38-24(18-10-6-4-7-11-18)19-12-8-5-9-13-19/h3-13,15,22,24,26H,1,14,16H2,2H3,(H,29,31)(H,30,33)/t22?,26-/m0/s1. The summed E-state index contributed by atoms with van der Waals surface area (Å²) >= 11 is 2.45. The lowest BCUT2D eigenvalue weighted by atomic mass is 10.0. The molecule has 2 aliphatic heterocycles. The van der Waals surface area contributed by atoms with Crippen LogP contribution < -0.4 is 10.0 Å². The molecule has 2 atom stereocenters. The summed E-state index contributed by atoms with van der Waals surface area (Å²) in [6.45, 7) is 3.83. The molecule has 5 rings (SSSR count). The van der Waals surface area contributed by atoms with E-state index in [0.29, 0.717) is 16.2 Å². The van der Waals surface area contributed by atoms with E-state index in [1.165, 1.54) is 22.9 Å². The van der Waals surface area contributed by atoms with Crippen molar-refractivity contribution in [2.75, 3.05) is 16.7 Å². The first-order chi connectivity index (χ1) is 19.6. The van der Waals surface area contributed by atoms with E-state index < -0.39 is 45.3 Å². The summed E-state index contributed by atoms with van der Waals surface area (Å²) in [5.74, 6) is -1.10. The maximum atomic E-state index is 13.7. The van der Waals surface area contributed by atoms with Crippen molar-refractivity contribution in [3.63, 3.8) is 0 Å². The first kappa shape index (κ1) is 28.6. The third-order valence-corrected chi connectivity index (χ3v) is 9.25. The van der Waals surface area contributed by atoms with Crippen LogP contribution >= 0.6 is 23.1 Å². The number of nitrogens with zero attached hydrogens (tertiary/aromatic N) is 2. The smallest absolute Gasteiger partial charge is 0.356 e. The van der Waals surface area contributed by atoms with E-state index in [9.17, 15) is 22.8 Å². The number of thiazole rings is 1. The summed E-state index contributed by atoms with van der Waals surface area (Å²) in [5.41, 5.74) is 2.26. The van der Waals surface area contributed by atoms with E-state index >= 15 is 0 Å². The monoisotopic (exact) mass is 610 g/mol. The maximum Gasteiger partial charge on any atom is 0.356 e. The van der Waals surface area contributed by atoms with Gasteiger partial charge in [-0.2, -0.15) is 0 Å². The molecule has 1 unspecified atom stereocenters. The average Bonchev–Trinajstić information content (AvgIpc) is 3.39. The van der Waals surface area contributed by atoms with E-state index in [1.54, 1.807) is 6.08 Å². The van der Waals surface area contributed by atoms with Gasteiger partial charge in [0.25, 0.3) is 5.91 Å². The molecule has 1 aromatic heterocycles. The van der Waals surface area contributed by atoms with E-state index in [-0.39, 0.29) is 17.2 Å². The van der Waals surface area contributed by atoms with E-state index in [0.717, 1.165) is 28.7 Å². The molecule has 212 valence electrons. The lowest BCUT2D eigenvalue weighted by Crippen LogP contribution is -2.70. The number of sulfonamides is 1. The number of hydrogen-bond acceptors (Lipinski definition) is 9. The molecule has 2 aromatic carbocycles. The van der Waals surface area contributed by atoms with Gasteiger partial charge in [-0.3, -0.25) is 19.2 Å². The van der Waals surface area contributed by atoms with Gasteiger partial charge < -0.3 is 10.1 Å². The van der Waals surface area contributed by atoms with Gasteiger partial charge in [0.05, 0.1) is 12.7 Å². The van der Waals surface area contributed by atoms with Crippen molar-refractivity contribution in [1.82, 2.24) is 15.2 Å². The lowest BCUT2D eigenvalue weighted by Gasteiger charge is -2.49. The van der Waals surface area contributed by atoms with Gasteiger partial charge >= 0.3 is 5.97 Å². The van der Waals surface area contributed by atoms with Crippen LogP contribution in [0.15, 0.2) is 90.8 Å². The van der Waals surface area contributed by atoms with Gasteiger partial charge in [0.2, 0.25) is 15.9 Å². The van der Waals surface area contributed by atoms with E-state index in [1.807, 2.05) is 60.7 Å². The molecule has 0 radical (unpaired) electrons. The second-order valence-corrected chi connectivity index (χ2v) is 13.3. The minimum atomic E-state index is -3.49. The van der Waals surface area contributed by atoms with Gasteiger partial charge in [0.15, 0.2) is 11.2 Å². The molecule has 0 spiro atoms. The first-order valence-electron chi connectivity index (χ1n) is 12.5. The number of allylic oxidation sites excluding steroid dienone is 1. The fourth-order valence-electron chi connectivity index (χ4n) is 4.51. The summed E-state index contributed by atoms with van der Waals surface area (Å²) in [7, 11) is -3.49. The van der Waals surface area contributed by atoms with Crippen molar-refractivity contribution in [3.8, 4) is 0 Å². The van der Waals surface area contributed by atoms with E-state index in [4.69, 9.17) is 4.74 Å². The number of carbonyl (C=O) groups excluding carboxylic acids is 3. The van der Waals surface area contributed by atoms with Crippen LogP contribution in [0.1, 0.15) is 22.1 Å². The number of rotatable bonds is 10. The molecule has 2 aliphatic rings. The Morgan fingerprint density at radius 2 is 1.78 bits per heavy atom. The minimum absolute atomic E-state index is 0.0806. The number of amides is 2. The number of carbonyl (C=O) groups is 3. The molecule has 2 amide bonds. The van der Waals surface area contributed by atoms with Crippen molar-refractivity contribution in [2.45, 2.75) is 23.9 Å². The SMILES string of the molecule is C=CC1=C(C(=O)OC(c2ccccc2)c2ccccc2)N2C(=O)C(NC(=O)Cc3cnc(NS(C)(=O)=O)s3)[C@@H]2SC1. The summed E-state index contributed by atoms with van der Waals surface area (Å²) in [4.78, 5) is 45.6. The zero-order valence-corrected chi connectivity index (χ0v) is 24.3. The van der Waals surface area contributed by atoms with Crippen LogP contribution in [-0.2, 0) is 35.6 Å². The fourth-order valence-corrected chi connectivity index (χ4v) is 7.51. The van der Waals surface area contributed by atoms with Crippen LogP contribution in [0.25, 0.3) is 0 Å². The molecule has 41 heavy (non-hydrogen) atoms. The highest BCUT2D eigenvalue weighted by atomic mass is 32.2. The number of β-lactam (4-membered cyclic amide) rings is 1. The van der Waals surface area contributed by atoms with Crippen molar-refractivity contribution in [2.24, 2.45) is 0 Å². The van der Waals surface area contributed by atoms with Gasteiger partial charge in [-0.15, -0.1) is 23.1 Å². The third kappa shape index (κ3) is 6.37. The minimum Gasteiger partial charge on any atom is -0.448 e. The second kappa shape index (κ2) is 11.9. The highest BCUT2D eigenvalue weighted by Crippen LogP contribution is 2.42. The molecule has 10 nitrogen and oxygen atoms in total. The number of benzene rings is 2. The Bertz CT molecular complexity index is 1580. The summed E-state index contributed by atoms with van der Waals surface area (Å²) < 4.78 is 31.1. The lowest BCUT2D eigenvalue weighted by molar-refractivity contribution is -0.154. The molecule has 0 aliphatic carbocycles. The van der Waals surface area contributed by atoms with Crippen LogP contribution in [0.5, 0.6) is 0 Å². The average molecular weight is 611 g/mol. The first-order valence-corrected chi connectivity index (χ1v) is 16.2. The number of thioether (sulfide) groups is 1. The number of aromatic nitrogens is 1. The number of fused-ring (bicyclic) bond motifs is 1. The van der Waals surface area contributed by atoms with Crippen LogP contribution in [0.3, 0.4) is 0 Å². The molecule has 2 N–H and O–H groups in total. The number of nitrogens with one attached hydrogen (secondary N) is 2. The Balaban J connectivity index is 1.30. The van der Waals surface area contributed by atoms with E-state index in [2.05, 4.69) is 21.6 Å². The Morgan fingerprint density at radius 1 is 1.15 bits per heavy atom. The third-order valence-electron chi connectivity index (χ3n) is 6.34. The molecule has 3 heterocycles.